The molecule has 6 heteroatoms. The lowest BCUT2D eigenvalue weighted by atomic mass is 10.0. The van der Waals surface area contributed by atoms with Gasteiger partial charge < -0.3 is 10.6 Å². The van der Waals surface area contributed by atoms with Crippen molar-refractivity contribution in [2.45, 2.75) is 39.7 Å². The van der Waals surface area contributed by atoms with Crippen LogP contribution in [0.4, 0.5) is 5.69 Å². The average Bonchev–Trinajstić information content (AvgIpc) is 3.04. The SMILES string of the molecule is CCN(CC)Cc1cccc(NC(=O)CCC2CCNC2)c1.Cl.Cl. The van der Waals surface area contributed by atoms with Crippen LogP contribution in [0.2, 0.25) is 0 Å². The summed E-state index contributed by atoms with van der Waals surface area (Å²) in [5.41, 5.74) is 2.17. The molecule has 2 rings (SSSR count). The molecule has 1 saturated heterocycles. The fourth-order valence-electron chi connectivity index (χ4n) is 2.97. The van der Waals surface area contributed by atoms with Gasteiger partial charge in [-0.25, -0.2) is 0 Å². The standard InChI is InChI=1S/C18H29N3O.2ClH/c1-3-21(4-2)14-16-6-5-7-17(12-16)20-18(22)9-8-15-10-11-19-13-15;;/h5-7,12,15,19H,3-4,8-11,13-14H2,1-2H3,(H,20,22);2*1H. The third-order valence-corrected chi connectivity index (χ3v) is 4.45. The molecule has 1 fully saturated rings. The van der Waals surface area contributed by atoms with Crippen molar-refractivity contribution in [3.05, 3.63) is 29.8 Å². The highest BCUT2D eigenvalue weighted by molar-refractivity contribution is 5.90. The zero-order valence-electron chi connectivity index (χ0n) is 14.7. The lowest BCUT2D eigenvalue weighted by Crippen LogP contribution is -2.22. The molecule has 0 spiro atoms. The first-order valence-corrected chi connectivity index (χ1v) is 8.53. The molecular formula is C18H31Cl2N3O. The number of hydrogen-bond acceptors (Lipinski definition) is 3. The zero-order chi connectivity index (χ0) is 15.8. The van der Waals surface area contributed by atoms with E-state index in [1.54, 1.807) is 0 Å². The molecular weight excluding hydrogens is 345 g/mol. The highest BCUT2D eigenvalue weighted by atomic mass is 35.5. The molecule has 138 valence electrons. The smallest absolute Gasteiger partial charge is 0.224 e. The van der Waals surface area contributed by atoms with E-state index in [-0.39, 0.29) is 30.7 Å². The van der Waals surface area contributed by atoms with Crippen LogP contribution in [-0.2, 0) is 11.3 Å². The zero-order valence-corrected chi connectivity index (χ0v) is 16.3. The summed E-state index contributed by atoms with van der Waals surface area (Å²) in [6, 6.07) is 8.21. The molecule has 0 saturated carbocycles. The van der Waals surface area contributed by atoms with Gasteiger partial charge in [0.2, 0.25) is 5.91 Å². The van der Waals surface area contributed by atoms with E-state index in [9.17, 15) is 4.79 Å². The van der Waals surface area contributed by atoms with E-state index in [0.29, 0.717) is 12.3 Å². The first kappa shape index (κ1) is 23.2. The molecule has 1 aromatic rings. The van der Waals surface area contributed by atoms with Gasteiger partial charge in [-0.1, -0.05) is 26.0 Å². The second kappa shape index (κ2) is 12.5. The van der Waals surface area contributed by atoms with Crippen LogP contribution >= 0.6 is 24.8 Å². The molecule has 1 amide bonds. The Labute approximate surface area is 158 Å². The number of benzene rings is 1. The van der Waals surface area contributed by atoms with E-state index < -0.39 is 0 Å². The number of nitrogens with one attached hydrogen (secondary N) is 2. The normalized spacial score (nSPS) is 16.4. The molecule has 0 aromatic heterocycles. The summed E-state index contributed by atoms with van der Waals surface area (Å²) >= 11 is 0. The number of hydrogen-bond donors (Lipinski definition) is 2. The number of rotatable bonds is 8. The molecule has 0 aliphatic carbocycles. The summed E-state index contributed by atoms with van der Waals surface area (Å²) < 4.78 is 0. The predicted molar refractivity (Wildman–Crippen MR) is 106 cm³/mol. The quantitative estimate of drug-likeness (QED) is 0.727. The monoisotopic (exact) mass is 375 g/mol. The highest BCUT2D eigenvalue weighted by Crippen LogP contribution is 2.16. The van der Waals surface area contributed by atoms with Gasteiger partial charge in [0.25, 0.3) is 0 Å². The second-order valence-corrected chi connectivity index (χ2v) is 6.11. The molecule has 1 aliphatic rings. The summed E-state index contributed by atoms with van der Waals surface area (Å²) in [4.78, 5) is 14.4. The van der Waals surface area contributed by atoms with Crippen LogP contribution in [0.5, 0.6) is 0 Å². The minimum absolute atomic E-state index is 0. The maximum atomic E-state index is 12.1. The van der Waals surface area contributed by atoms with E-state index in [2.05, 4.69) is 41.5 Å². The van der Waals surface area contributed by atoms with Crippen molar-refractivity contribution in [1.29, 1.82) is 0 Å². The van der Waals surface area contributed by atoms with Gasteiger partial charge in [-0.3, -0.25) is 9.69 Å². The summed E-state index contributed by atoms with van der Waals surface area (Å²) in [5.74, 6) is 0.798. The molecule has 1 aromatic carbocycles. The Balaban J connectivity index is 0.00000264. The van der Waals surface area contributed by atoms with Gasteiger partial charge in [-0.05, 0) is 62.6 Å². The molecule has 1 heterocycles. The number of nitrogens with zero attached hydrogens (tertiary/aromatic N) is 1. The Hall–Kier alpha value is -0.810. The summed E-state index contributed by atoms with van der Waals surface area (Å²) in [7, 11) is 0. The second-order valence-electron chi connectivity index (χ2n) is 6.11. The summed E-state index contributed by atoms with van der Waals surface area (Å²) in [6.07, 6.45) is 2.80. The largest absolute Gasteiger partial charge is 0.326 e. The Bertz CT molecular complexity index is 475. The van der Waals surface area contributed by atoms with Gasteiger partial charge in [-0.2, -0.15) is 0 Å². The fraction of sp³-hybridized carbons (Fsp3) is 0.611. The van der Waals surface area contributed by atoms with Crippen molar-refractivity contribution in [3.63, 3.8) is 0 Å². The van der Waals surface area contributed by atoms with E-state index >= 15 is 0 Å². The molecule has 2 N–H and O–H groups in total. The summed E-state index contributed by atoms with van der Waals surface area (Å²) in [6.45, 7) is 9.53. The van der Waals surface area contributed by atoms with Crippen molar-refractivity contribution in [2.75, 3.05) is 31.5 Å². The van der Waals surface area contributed by atoms with Gasteiger partial charge in [0.05, 0.1) is 0 Å². The Morgan fingerprint density at radius 3 is 2.67 bits per heavy atom. The average molecular weight is 376 g/mol. The third kappa shape index (κ3) is 7.84. The van der Waals surface area contributed by atoms with Crippen molar-refractivity contribution >= 4 is 36.4 Å². The number of carbonyl (C=O) groups is 1. The number of halogens is 2. The minimum Gasteiger partial charge on any atom is -0.326 e. The van der Waals surface area contributed by atoms with Gasteiger partial charge in [-0.15, -0.1) is 24.8 Å². The van der Waals surface area contributed by atoms with Crippen molar-refractivity contribution < 1.29 is 4.79 Å². The Morgan fingerprint density at radius 1 is 1.29 bits per heavy atom. The molecule has 0 radical (unpaired) electrons. The maximum Gasteiger partial charge on any atom is 0.224 e. The van der Waals surface area contributed by atoms with E-state index in [0.717, 1.165) is 44.8 Å². The van der Waals surface area contributed by atoms with Gasteiger partial charge in [0, 0.05) is 18.7 Å². The Morgan fingerprint density at radius 2 is 2.04 bits per heavy atom. The van der Waals surface area contributed by atoms with Crippen LogP contribution in [0.1, 0.15) is 38.7 Å². The highest BCUT2D eigenvalue weighted by Gasteiger charge is 2.15. The number of anilines is 1. The van der Waals surface area contributed by atoms with Crippen LogP contribution < -0.4 is 10.6 Å². The Kier molecular flexibility index (Phi) is 12.1. The van der Waals surface area contributed by atoms with Gasteiger partial charge >= 0.3 is 0 Å². The van der Waals surface area contributed by atoms with Crippen LogP contribution in [-0.4, -0.2) is 37.0 Å². The van der Waals surface area contributed by atoms with E-state index in [1.807, 2.05) is 12.1 Å². The molecule has 1 atom stereocenters. The van der Waals surface area contributed by atoms with Crippen molar-refractivity contribution in [1.82, 2.24) is 10.2 Å². The molecule has 4 nitrogen and oxygen atoms in total. The van der Waals surface area contributed by atoms with Gasteiger partial charge in [0.1, 0.15) is 0 Å². The first-order chi connectivity index (χ1) is 10.7. The lowest BCUT2D eigenvalue weighted by molar-refractivity contribution is -0.116. The molecule has 0 bridgehead atoms. The van der Waals surface area contributed by atoms with Crippen molar-refractivity contribution in [2.24, 2.45) is 5.92 Å². The van der Waals surface area contributed by atoms with E-state index in [4.69, 9.17) is 0 Å². The van der Waals surface area contributed by atoms with Gasteiger partial charge in [0.15, 0.2) is 0 Å². The lowest BCUT2D eigenvalue weighted by Gasteiger charge is -2.18. The minimum atomic E-state index is 0. The van der Waals surface area contributed by atoms with Crippen molar-refractivity contribution in [3.8, 4) is 0 Å². The first-order valence-electron chi connectivity index (χ1n) is 8.53. The topological polar surface area (TPSA) is 44.4 Å². The third-order valence-electron chi connectivity index (χ3n) is 4.45. The maximum absolute atomic E-state index is 12.1. The van der Waals surface area contributed by atoms with Crippen LogP contribution in [0, 0.1) is 5.92 Å². The van der Waals surface area contributed by atoms with E-state index in [1.165, 1.54) is 12.0 Å². The van der Waals surface area contributed by atoms with Crippen LogP contribution in [0.3, 0.4) is 0 Å². The predicted octanol–water partition coefficient (Wildman–Crippen LogP) is 3.70. The molecule has 1 unspecified atom stereocenters. The molecule has 1 aliphatic heterocycles. The molecule has 24 heavy (non-hydrogen) atoms. The van der Waals surface area contributed by atoms with Crippen LogP contribution in [0.25, 0.3) is 0 Å². The van der Waals surface area contributed by atoms with Crippen LogP contribution in [0.15, 0.2) is 24.3 Å². The fourth-order valence-corrected chi connectivity index (χ4v) is 2.97. The summed E-state index contributed by atoms with van der Waals surface area (Å²) in [5, 5.41) is 6.38. The number of carbonyl (C=O) groups excluding carboxylic acids is 1. The number of amides is 1.